The fraction of sp³-hybridized carbons (Fsp3) is 0.286. The van der Waals surface area contributed by atoms with E-state index in [1.165, 1.54) is 16.9 Å². The highest BCUT2D eigenvalue weighted by Gasteiger charge is 2.25. The van der Waals surface area contributed by atoms with E-state index in [4.69, 9.17) is 11.6 Å². The molecular weight excluding hydrogens is 374 g/mol. The normalized spacial score (nSPS) is 13.4. The Labute approximate surface area is 140 Å². The van der Waals surface area contributed by atoms with E-state index in [9.17, 15) is 4.79 Å². The molecule has 0 spiro atoms. The molecule has 1 aromatic carbocycles. The Balaban J connectivity index is 1.79. The average Bonchev–Trinajstić information content (AvgIpc) is 3.02. The quantitative estimate of drug-likeness (QED) is 0.864. The van der Waals surface area contributed by atoms with Gasteiger partial charge < -0.3 is 10.2 Å². The number of aromatic nitrogens is 1. The van der Waals surface area contributed by atoms with Gasteiger partial charge >= 0.3 is 0 Å². The van der Waals surface area contributed by atoms with Crippen LogP contribution in [0.25, 0.3) is 0 Å². The van der Waals surface area contributed by atoms with Crippen LogP contribution < -0.4 is 10.2 Å². The van der Waals surface area contributed by atoms with Crippen LogP contribution >= 0.6 is 38.9 Å². The molecule has 0 bridgehead atoms. The van der Waals surface area contributed by atoms with Gasteiger partial charge in [-0.25, -0.2) is 4.98 Å². The summed E-state index contributed by atoms with van der Waals surface area (Å²) in [5.74, 6) is 0.0782. The molecule has 4 nitrogen and oxygen atoms in total. The van der Waals surface area contributed by atoms with Gasteiger partial charge in [-0.1, -0.05) is 11.6 Å². The predicted molar refractivity (Wildman–Crippen MR) is 90.3 cm³/mol. The van der Waals surface area contributed by atoms with Gasteiger partial charge in [-0.3, -0.25) is 4.79 Å². The second-order valence-electron chi connectivity index (χ2n) is 4.82. The average molecular weight is 387 g/mol. The molecule has 0 saturated carbocycles. The van der Waals surface area contributed by atoms with Crippen molar-refractivity contribution in [3.8, 4) is 0 Å². The summed E-state index contributed by atoms with van der Waals surface area (Å²) in [5, 5.41) is 3.37. The lowest BCUT2D eigenvalue weighted by Crippen LogP contribution is -2.26. The maximum Gasteiger partial charge on any atom is 0.223 e. The summed E-state index contributed by atoms with van der Waals surface area (Å²) >= 11 is 10.9. The number of hydrogen-bond donors (Lipinski definition) is 1. The number of anilines is 2. The monoisotopic (exact) mass is 385 g/mol. The van der Waals surface area contributed by atoms with Crippen molar-refractivity contribution in [1.29, 1.82) is 0 Å². The van der Waals surface area contributed by atoms with Gasteiger partial charge in [0.15, 0.2) is 4.47 Å². The Hall–Kier alpha value is -1.11. The fourth-order valence-corrected chi connectivity index (χ4v) is 4.10. The molecule has 1 aromatic heterocycles. The number of nitrogens with zero attached hydrogens (tertiary/aromatic N) is 2. The molecule has 1 N–H and O–H groups in total. The molecule has 7 heteroatoms. The van der Waals surface area contributed by atoms with Gasteiger partial charge in [0.2, 0.25) is 5.91 Å². The number of amides is 1. The first-order chi connectivity index (χ1) is 10.0. The highest BCUT2D eigenvalue weighted by molar-refractivity contribution is 9.10. The molecule has 0 aliphatic carbocycles. The summed E-state index contributed by atoms with van der Waals surface area (Å²) in [5.41, 5.74) is 3.20. The summed E-state index contributed by atoms with van der Waals surface area (Å²) < 4.78 is 1.50. The summed E-state index contributed by atoms with van der Waals surface area (Å²) in [4.78, 5) is 18.6. The minimum Gasteiger partial charge on any atom is -0.380 e. The molecule has 110 valence electrons. The SMILES string of the molecule is CC(=O)N1CCc2cc(NCc3cnc(Cl)s3)cc(Br)c21. The first-order valence-corrected chi connectivity index (χ1v) is 8.48. The summed E-state index contributed by atoms with van der Waals surface area (Å²) in [7, 11) is 0. The number of nitrogens with one attached hydrogen (secondary N) is 1. The lowest BCUT2D eigenvalue weighted by atomic mass is 10.1. The summed E-state index contributed by atoms with van der Waals surface area (Å²) in [6, 6.07) is 4.11. The number of carbonyl (C=O) groups is 1. The van der Waals surface area contributed by atoms with Crippen molar-refractivity contribution < 1.29 is 4.79 Å². The largest absolute Gasteiger partial charge is 0.380 e. The Bertz CT molecular complexity index is 704. The zero-order valence-corrected chi connectivity index (χ0v) is 14.5. The number of fused-ring (bicyclic) bond motifs is 1. The Kier molecular flexibility index (Phi) is 4.19. The van der Waals surface area contributed by atoms with Crippen LogP contribution in [-0.2, 0) is 17.8 Å². The molecule has 0 fully saturated rings. The van der Waals surface area contributed by atoms with Crippen molar-refractivity contribution in [3.63, 3.8) is 0 Å². The van der Waals surface area contributed by atoms with Gasteiger partial charge in [-0.15, -0.1) is 11.3 Å². The van der Waals surface area contributed by atoms with Crippen LogP contribution in [-0.4, -0.2) is 17.4 Å². The molecule has 0 radical (unpaired) electrons. The van der Waals surface area contributed by atoms with Crippen molar-refractivity contribution in [3.05, 3.63) is 37.7 Å². The van der Waals surface area contributed by atoms with E-state index in [0.717, 1.165) is 33.7 Å². The van der Waals surface area contributed by atoms with Gasteiger partial charge in [0, 0.05) is 34.7 Å². The molecule has 1 amide bonds. The molecule has 1 aliphatic heterocycles. The minimum atomic E-state index is 0.0782. The number of benzene rings is 1. The lowest BCUT2D eigenvalue weighted by Gasteiger charge is -2.17. The molecule has 2 heterocycles. The van der Waals surface area contributed by atoms with Crippen LogP contribution in [0.2, 0.25) is 4.47 Å². The minimum absolute atomic E-state index is 0.0782. The van der Waals surface area contributed by atoms with Gasteiger partial charge in [0.05, 0.1) is 12.2 Å². The van der Waals surface area contributed by atoms with Gasteiger partial charge in [-0.05, 0) is 40.0 Å². The Morgan fingerprint density at radius 1 is 1.57 bits per heavy atom. The molecule has 0 unspecified atom stereocenters. The van der Waals surface area contributed by atoms with E-state index in [1.807, 2.05) is 11.0 Å². The van der Waals surface area contributed by atoms with E-state index in [0.29, 0.717) is 11.0 Å². The van der Waals surface area contributed by atoms with Crippen molar-refractivity contribution in [2.75, 3.05) is 16.8 Å². The lowest BCUT2D eigenvalue weighted by molar-refractivity contribution is -0.116. The van der Waals surface area contributed by atoms with Crippen LogP contribution in [0, 0.1) is 0 Å². The standard InChI is InChI=1S/C14H13BrClN3OS/c1-8(20)19-3-2-9-4-10(5-12(15)13(9)19)17-6-11-7-18-14(16)21-11/h4-5,7,17H,2-3,6H2,1H3. The number of thiazole rings is 1. The van der Waals surface area contributed by atoms with Crippen LogP contribution in [0.1, 0.15) is 17.4 Å². The van der Waals surface area contributed by atoms with Crippen molar-refractivity contribution in [2.24, 2.45) is 0 Å². The van der Waals surface area contributed by atoms with Crippen molar-refractivity contribution >= 4 is 56.1 Å². The smallest absolute Gasteiger partial charge is 0.223 e. The maximum atomic E-state index is 11.6. The third-order valence-electron chi connectivity index (χ3n) is 3.39. The Morgan fingerprint density at radius 2 is 2.38 bits per heavy atom. The van der Waals surface area contributed by atoms with E-state index >= 15 is 0 Å². The van der Waals surface area contributed by atoms with E-state index in [1.54, 1.807) is 13.1 Å². The molecular formula is C14H13BrClN3OS. The highest BCUT2D eigenvalue weighted by Crippen LogP contribution is 2.38. The second-order valence-corrected chi connectivity index (χ2v) is 7.37. The molecule has 21 heavy (non-hydrogen) atoms. The van der Waals surface area contributed by atoms with Gasteiger partial charge in [-0.2, -0.15) is 0 Å². The number of rotatable bonds is 3. The van der Waals surface area contributed by atoms with E-state index in [2.05, 4.69) is 32.3 Å². The molecule has 3 rings (SSSR count). The maximum absolute atomic E-state index is 11.6. The fourth-order valence-electron chi connectivity index (χ4n) is 2.46. The predicted octanol–water partition coefficient (Wildman–Crippen LogP) is 4.08. The molecule has 0 saturated heterocycles. The summed E-state index contributed by atoms with van der Waals surface area (Å²) in [6.45, 7) is 3.03. The summed E-state index contributed by atoms with van der Waals surface area (Å²) in [6.07, 6.45) is 2.66. The highest BCUT2D eigenvalue weighted by atomic mass is 79.9. The Morgan fingerprint density at radius 3 is 3.05 bits per heavy atom. The number of halogens is 2. The second kappa shape index (κ2) is 5.94. The first kappa shape index (κ1) is 14.8. The number of hydrogen-bond acceptors (Lipinski definition) is 4. The third-order valence-corrected chi connectivity index (χ3v) is 5.11. The third kappa shape index (κ3) is 3.07. The van der Waals surface area contributed by atoms with Gasteiger partial charge in [0.1, 0.15) is 0 Å². The van der Waals surface area contributed by atoms with Crippen LogP contribution in [0.5, 0.6) is 0 Å². The molecule has 1 aliphatic rings. The van der Waals surface area contributed by atoms with E-state index in [-0.39, 0.29) is 5.91 Å². The van der Waals surface area contributed by atoms with Crippen LogP contribution in [0.3, 0.4) is 0 Å². The number of carbonyl (C=O) groups excluding carboxylic acids is 1. The van der Waals surface area contributed by atoms with Crippen LogP contribution in [0.15, 0.2) is 22.8 Å². The van der Waals surface area contributed by atoms with Gasteiger partial charge in [0.25, 0.3) is 0 Å². The first-order valence-electron chi connectivity index (χ1n) is 6.49. The van der Waals surface area contributed by atoms with E-state index < -0.39 is 0 Å². The topological polar surface area (TPSA) is 45.2 Å². The van der Waals surface area contributed by atoms with Crippen molar-refractivity contribution in [1.82, 2.24) is 4.98 Å². The van der Waals surface area contributed by atoms with Crippen LogP contribution in [0.4, 0.5) is 11.4 Å². The zero-order chi connectivity index (χ0) is 15.0. The molecule has 2 aromatic rings. The molecule has 0 atom stereocenters. The van der Waals surface area contributed by atoms with Crippen molar-refractivity contribution in [2.45, 2.75) is 19.9 Å². The zero-order valence-electron chi connectivity index (χ0n) is 11.3.